The molecule has 0 saturated heterocycles. The van der Waals surface area contributed by atoms with Crippen LogP contribution in [0.15, 0.2) is 78.9 Å². The summed E-state index contributed by atoms with van der Waals surface area (Å²) in [5.41, 5.74) is 5.64. The number of aromatic amines is 1. The lowest BCUT2D eigenvalue weighted by molar-refractivity contribution is -0.122. The second-order valence-corrected chi connectivity index (χ2v) is 8.10. The van der Waals surface area contributed by atoms with E-state index in [2.05, 4.69) is 28.5 Å². The number of benzene rings is 3. The van der Waals surface area contributed by atoms with Crippen molar-refractivity contribution in [1.29, 1.82) is 0 Å². The number of hydrogen-bond acceptors (Lipinski definition) is 2. The zero-order valence-electron chi connectivity index (χ0n) is 18.0. The van der Waals surface area contributed by atoms with Gasteiger partial charge in [-0.3, -0.25) is 9.59 Å². The Morgan fingerprint density at radius 2 is 1.69 bits per heavy atom. The molecular formula is C27H25N3O2. The summed E-state index contributed by atoms with van der Waals surface area (Å²) in [7, 11) is 0. The highest BCUT2D eigenvalue weighted by Crippen LogP contribution is 2.45. The van der Waals surface area contributed by atoms with Crippen LogP contribution >= 0.6 is 0 Å². The zero-order chi connectivity index (χ0) is 22.1. The monoisotopic (exact) mass is 423 g/mol. The molecule has 0 aliphatic carbocycles. The molecule has 1 aromatic heterocycles. The quantitative estimate of drug-likeness (QED) is 0.463. The van der Waals surface area contributed by atoms with Crippen molar-refractivity contribution in [1.82, 2.24) is 15.2 Å². The van der Waals surface area contributed by atoms with Gasteiger partial charge in [-0.15, -0.1) is 0 Å². The maximum absolute atomic E-state index is 13.4. The molecule has 160 valence electrons. The number of carbonyl (C=O) groups excluding carboxylic acids is 2. The number of amides is 2. The number of H-pyrrole nitrogens is 1. The normalized spacial score (nSPS) is 15.2. The van der Waals surface area contributed by atoms with Crippen LogP contribution < -0.4 is 5.32 Å². The minimum atomic E-state index is -0.350. The van der Waals surface area contributed by atoms with Crippen LogP contribution in [0.2, 0.25) is 0 Å². The molecule has 5 rings (SSSR count). The molecule has 0 unspecified atom stereocenters. The fraction of sp³-hybridized carbons (Fsp3) is 0.185. The predicted octanol–water partition coefficient (Wildman–Crippen LogP) is 4.91. The maximum Gasteiger partial charge on any atom is 0.255 e. The van der Waals surface area contributed by atoms with Gasteiger partial charge < -0.3 is 15.2 Å². The largest absolute Gasteiger partial charge is 0.355 e. The molecule has 0 fully saturated rings. The number of aromatic nitrogens is 1. The van der Waals surface area contributed by atoms with Crippen molar-refractivity contribution in [3.8, 4) is 11.3 Å². The van der Waals surface area contributed by atoms with E-state index in [-0.39, 0.29) is 24.4 Å². The fourth-order valence-corrected chi connectivity index (χ4v) is 4.60. The standard InChI is InChI=1S/C27H25N3O2/c1-2-16-28-23(31)17-30-26(19-12-6-7-13-20(19)27(30)32)24-21-14-8-9-15-22(21)29-25(24)18-10-4-3-5-11-18/h3-15,26,29H,2,16-17H2,1H3,(H,28,31)/t26-/m1/s1. The summed E-state index contributed by atoms with van der Waals surface area (Å²) in [5, 5.41) is 3.97. The molecule has 2 amide bonds. The van der Waals surface area contributed by atoms with Crippen LogP contribution in [-0.2, 0) is 4.79 Å². The van der Waals surface area contributed by atoms with Gasteiger partial charge in [0, 0.05) is 28.6 Å². The highest BCUT2D eigenvalue weighted by molar-refractivity contribution is 6.03. The summed E-state index contributed by atoms with van der Waals surface area (Å²) in [5.74, 6) is -0.249. The van der Waals surface area contributed by atoms with Gasteiger partial charge in [0.25, 0.3) is 5.91 Å². The summed E-state index contributed by atoms with van der Waals surface area (Å²) in [6, 6.07) is 25.6. The van der Waals surface area contributed by atoms with Crippen molar-refractivity contribution in [2.45, 2.75) is 19.4 Å². The first-order valence-electron chi connectivity index (χ1n) is 11.0. The molecule has 0 bridgehead atoms. The summed E-state index contributed by atoms with van der Waals surface area (Å²) >= 11 is 0. The zero-order valence-corrected chi connectivity index (χ0v) is 18.0. The first-order valence-corrected chi connectivity index (χ1v) is 11.0. The summed E-state index contributed by atoms with van der Waals surface area (Å²) in [4.78, 5) is 31.4. The van der Waals surface area contributed by atoms with Gasteiger partial charge in [0.15, 0.2) is 0 Å². The van der Waals surface area contributed by atoms with Crippen LogP contribution in [0.3, 0.4) is 0 Å². The lowest BCUT2D eigenvalue weighted by atomic mass is 9.93. The maximum atomic E-state index is 13.4. The van der Waals surface area contributed by atoms with E-state index in [1.54, 1.807) is 4.90 Å². The number of nitrogens with zero attached hydrogens (tertiary/aromatic N) is 1. The topological polar surface area (TPSA) is 65.2 Å². The third kappa shape index (κ3) is 3.36. The molecule has 5 heteroatoms. The first-order chi connectivity index (χ1) is 15.7. The number of para-hydroxylation sites is 1. The molecule has 1 aliphatic heterocycles. The van der Waals surface area contributed by atoms with Crippen LogP contribution in [0.1, 0.15) is 40.9 Å². The van der Waals surface area contributed by atoms with Gasteiger partial charge in [0.1, 0.15) is 6.54 Å². The Hall–Kier alpha value is -3.86. The van der Waals surface area contributed by atoms with Gasteiger partial charge in [-0.2, -0.15) is 0 Å². The first kappa shape index (κ1) is 20.1. The number of rotatable bonds is 6. The van der Waals surface area contributed by atoms with Crippen LogP contribution in [0.25, 0.3) is 22.2 Å². The van der Waals surface area contributed by atoms with Crippen molar-refractivity contribution in [2.24, 2.45) is 0 Å². The summed E-state index contributed by atoms with van der Waals surface area (Å²) in [6.07, 6.45) is 0.851. The average molecular weight is 424 g/mol. The van der Waals surface area contributed by atoms with Crippen molar-refractivity contribution in [3.63, 3.8) is 0 Å². The lowest BCUT2D eigenvalue weighted by Crippen LogP contribution is -2.39. The molecular weight excluding hydrogens is 398 g/mol. The van der Waals surface area contributed by atoms with Crippen LogP contribution in [0, 0.1) is 0 Å². The van der Waals surface area contributed by atoms with Gasteiger partial charge in [0.2, 0.25) is 5.91 Å². The Morgan fingerprint density at radius 3 is 2.50 bits per heavy atom. The van der Waals surface area contributed by atoms with Gasteiger partial charge in [-0.1, -0.05) is 73.7 Å². The van der Waals surface area contributed by atoms with E-state index in [0.717, 1.165) is 39.7 Å². The van der Waals surface area contributed by atoms with E-state index in [0.29, 0.717) is 12.1 Å². The molecule has 2 N–H and O–H groups in total. The van der Waals surface area contributed by atoms with Crippen LogP contribution in [0.5, 0.6) is 0 Å². The molecule has 3 aromatic carbocycles. The summed E-state index contributed by atoms with van der Waals surface area (Å²) in [6.45, 7) is 2.63. The van der Waals surface area contributed by atoms with Crippen LogP contribution in [0.4, 0.5) is 0 Å². The van der Waals surface area contributed by atoms with E-state index in [1.807, 2.05) is 67.6 Å². The van der Waals surface area contributed by atoms with Crippen LogP contribution in [-0.4, -0.2) is 34.8 Å². The molecule has 2 heterocycles. The summed E-state index contributed by atoms with van der Waals surface area (Å²) < 4.78 is 0. The fourth-order valence-electron chi connectivity index (χ4n) is 4.60. The molecule has 0 saturated carbocycles. The molecule has 1 atom stereocenters. The number of hydrogen-bond donors (Lipinski definition) is 2. The van der Waals surface area contributed by atoms with E-state index in [9.17, 15) is 9.59 Å². The minimum absolute atomic E-state index is 0.0198. The number of nitrogens with one attached hydrogen (secondary N) is 2. The number of carbonyl (C=O) groups is 2. The second kappa shape index (κ2) is 8.35. The second-order valence-electron chi connectivity index (χ2n) is 8.10. The molecule has 32 heavy (non-hydrogen) atoms. The molecule has 4 aromatic rings. The van der Waals surface area contributed by atoms with E-state index in [1.165, 1.54) is 0 Å². The van der Waals surface area contributed by atoms with Gasteiger partial charge >= 0.3 is 0 Å². The highest BCUT2D eigenvalue weighted by atomic mass is 16.2. The SMILES string of the molecule is CCCNC(=O)CN1C(=O)c2ccccc2[C@@H]1c1c(-c2ccccc2)[nH]c2ccccc12. The Kier molecular flexibility index (Phi) is 5.23. The third-order valence-electron chi connectivity index (χ3n) is 6.03. The third-order valence-corrected chi connectivity index (χ3v) is 6.03. The molecule has 1 aliphatic rings. The molecule has 0 spiro atoms. The Morgan fingerprint density at radius 1 is 0.969 bits per heavy atom. The minimum Gasteiger partial charge on any atom is -0.355 e. The van der Waals surface area contributed by atoms with E-state index >= 15 is 0 Å². The number of fused-ring (bicyclic) bond motifs is 2. The predicted molar refractivity (Wildman–Crippen MR) is 126 cm³/mol. The average Bonchev–Trinajstić information content (AvgIpc) is 3.34. The van der Waals surface area contributed by atoms with Gasteiger partial charge in [0.05, 0.1) is 11.7 Å². The Labute approximate surface area is 187 Å². The van der Waals surface area contributed by atoms with Crippen molar-refractivity contribution >= 4 is 22.7 Å². The van der Waals surface area contributed by atoms with E-state index < -0.39 is 0 Å². The Bertz CT molecular complexity index is 1290. The molecule has 0 radical (unpaired) electrons. The molecule has 5 nitrogen and oxygen atoms in total. The Balaban J connectivity index is 1.71. The highest BCUT2D eigenvalue weighted by Gasteiger charge is 2.40. The van der Waals surface area contributed by atoms with Crippen molar-refractivity contribution < 1.29 is 9.59 Å². The van der Waals surface area contributed by atoms with E-state index in [4.69, 9.17) is 0 Å². The smallest absolute Gasteiger partial charge is 0.255 e. The van der Waals surface area contributed by atoms with Gasteiger partial charge in [-0.25, -0.2) is 0 Å². The van der Waals surface area contributed by atoms with Crippen molar-refractivity contribution in [2.75, 3.05) is 13.1 Å². The van der Waals surface area contributed by atoms with Crippen molar-refractivity contribution in [3.05, 3.63) is 95.6 Å². The van der Waals surface area contributed by atoms with Gasteiger partial charge in [-0.05, 0) is 29.7 Å². The lowest BCUT2D eigenvalue weighted by Gasteiger charge is -2.26.